The second kappa shape index (κ2) is 6.91. The van der Waals surface area contributed by atoms with E-state index in [9.17, 15) is 4.79 Å². The van der Waals surface area contributed by atoms with Gasteiger partial charge in [-0.25, -0.2) is 4.98 Å². The molecule has 2 rings (SSSR count). The molecule has 1 atom stereocenters. The van der Waals surface area contributed by atoms with Crippen LogP contribution in [0, 0.1) is 0 Å². The van der Waals surface area contributed by atoms with Gasteiger partial charge < -0.3 is 10.1 Å². The predicted molar refractivity (Wildman–Crippen MR) is 77.7 cm³/mol. The molecule has 0 saturated heterocycles. The third-order valence-corrected chi connectivity index (χ3v) is 3.25. The number of ether oxygens (including phenoxy) is 1. The van der Waals surface area contributed by atoms with Crippen LogP contribution in [0.25, 0.3) is 0 Å². The average Bonchev–Trinajstić information content (AvgIpc) is 2.53. The fourth-order valence-corrected chi connectivity index (χ4v) is 1.95. The van der Waals surface area contributed by atoms with E-state index in [4.69, 9.17) is 16.3 Å². The van der Waals surface area contributed by atoms with Crippen molar-refractivity contribution in [3.63, 3.8) is 0 Å². The summed E-state index contributed by atoms with van der Waals surface area (Å²) in [5.41, 5.74) is 1.68. The Morgan fingerprint density at radius 1 is 1.35 bits per heavy atom. The van der Waals surface area contributed by atoms with E-state index < -0.39 is 5.38 Å². The molecule has 2 aromatic rings. The molecule has 1 amide bonds. The fraction of sp³-hybridized carbons (Fsp3) is 0.200. The number of methoxy groups -OCH3 is 1. The molecule has 1 unspecified atom stereocenters. The number of alkyl halides is 1. The molecule has 0 fully saturated rings. The second-order valence-electron chi connectivity index (χ2n) is 4.20. The Balaban J connectivity index is 1.95. The van der Waals surface area contributed by atoms with E-state index in [0.717, 1.165) is 11.1 Å². The number of pyridine rings is 1. The maximum Gasteiger partial charge on any atom is 0.242 e. The van der Waals surface area contributed by atoms with Crippen molar-refractivity contribution in [2.75, 3.05) is 7.11 Å². The Bertz CT molecular complexity index is 575. The Morgan fingerprint density at radius 3 is 2.80 bits per heavy atom. The van der Waals surface area contributed by atoms with E-state index >= 15 is 0 Å². The molecule has 1 aromatic heterocycles. The third kappa shape index (κ3) is 3.71. The molecule has 0 aliphatic heterocycles. The summed E-state index contributed by atoms with van der Waals surface area (Å²) in [5, 5.41) is 2.10. The first-order chi connectivity index (χ1) is 9.70. The summed E-state index contributed by atoms with van der Waals surface area (Å²) in [5.74, 6) is 0.288. The highest BCUT2D eigenvalue weighted by molar-refractivity contribution is 6.30. The highest BCUT2D eigenvalue weighted by atomic mass is 35.5. The number of halogens is 1. The van der Waals surface area contributed by atoms with Crippen LogP contribution in [0.1, 0.15) is 16.5 Å². The standard InChI is InChI=1S/C15H15ClN2O2/c1-20-13-9-11(7-8-17-13)10-18-15(19)14(16)12-5-3-2-4-6-12/h2-9,14H,10H2,1H3,(H,18,19). The van der Waals surface area contributed by atoms with Gasteiger partial charge in [-0.1, -0.05) is 30.3 Å². The van der Waals surface area contributed by atoms with E-state index in [1.165, 1.54) is 0 Å². The molecule has 0 spiro atoms. The molecular formula is C15H15ClN2O2. The second-order valence-corrected chi connectivity index (χ2v) is 4.63. The minimum Gasteiger partial charge on any atom is -0.481 e. The summed E-state index contributed by atoms with van der Waals surface area (Å²) in [4.78, 5) is 16.0. The summed E-state index contributed by atoms with van der Waals surface area (Å²) in [6.07, 6.45) is 1.63. The lowest BCUT2D eigenvalue weighted by Crippen LogP contribution is -2.26. The van der Waals surface area contributed by atoms with E-state index in [2.05, 4.69) is 10.3 Å². The average molecular weight is 291 g/mol. The monoisotopic (exact) mass is 290 g/mol. The van der Waals surface area contributed by atoms with Crippen LogP contribution in [0.5, 0.6) is 5.88 Å². The van der Waals surface area contributed by atoms with Crippen LogP contribution in [-0.4, -0.2) is 18.0 Å². The van der Waals surface area contributed by atoms with Crippen molar-refractivity contribution in [1.82, 2.24) is 10.3 Å². The third-order valence-electron chi connectivity index (χ3n) is 2.80. The lowest BCUT2D eigenvalue weighted by Gasteiger charge is -2.11. The van der Waals surface area contributed by atoms with Crippen molar-refractivity contribution in [3.05, 3.63) is 59.8 Å². The van der Waals surface area contributed by atoms with Crippen LogP contribution in [0.15, 0.2) is 48.7 Å². The summed E-state index contributed by atoms with van der Waals surface area (Å²) in [6, 6.07) is 12.8. The van der Waals surface area contributed by atoms with Crippen molar-refractivity contribution in [1.29, 1.82) is 0 Å². The largest absolute Gasteiger partial charge is 0.481 e. The molecule has 4 nitrogen and oxygen atoms in total. The van der Waals surface area contributed by atoms with Crippen LogP contribution < -0.4 is 10.1 Å². The number of rotatable bonds is 5. The molecule has 5 heteroatoms. The highest BCUT2D eigenvalue weighted by Crippen LogP contribution is 2.20. The van der Waals surface area contributed by atoms with Crippen molar-refractivity contribution >= 4 is 17.5 Å². The quantitative estimate of drug-likeness (QED) is 0.862. The van der Waals surface area contributed by atoms with Gasteiger partial charge in [0.1, 0.15) is 5.38 Å². The fourth-order valence-electron chi connectivity index (χ4n) is 1.72. The molecule has 0 saturated carbocycles. The van der Waals surface area contributed by atoms with Crippen molar-refractivity contribution < 1.29 is 9.53 Å². The molecule has 1 N–H and O–H groups in total. The van der Waals surface area contributed by atoms with Crippen molar-refractivity contribution in [2.45, 2.75) is 11.9 Å². The number of hydrogen-bond donors (Lipinski definition) is 1. The van der Waals surface area contributed by atoms with Crippen molar-refractivity contribution in [3.8, 4) is 5.88 Å². The number of nitrogens with one attached hydrogen (secondary N) is 1. The van der Waals surface area contributed by atoms with Gasteiger partial charge in [0.15, 0.2) is 0 Å². The zero-order chi connectivity index (χ0) is 14.4. The van der Waals surface area contributed by atoms with Gasteiger partial charge in [-0.15, -0.1) is 11.6 Å². The summed E-state index contributed by atoms with van der Waals surface area (Å²) >= 11 is 6.13. The van der Waals surface area contributed by atoms with E-state index in [-0.39, 0.29) is 5.91 Å². The number of carbonyl (C=O) groups excluding carboxylic acids is 1. The molecular weight excluding hydrogens is 276 g/mol. The van der Waals surface area contributed by atoms with Crippen LogP contribution in [-0.2, 0) is 11.3 Å². The van der Waals surface area contributed by atoms with Crippen LogP contribution >= 0.6 is 11.6 Å². The van der Waals surface area contributed by atoms with Gasteiger partial charge in [-0.3, -0.25) is 4.79 Å². The Hall–Kier alpha value is -2.07. The molecule has 0 bridgehead atoms. The number of hydrogen-bond acceptors (Lipinski definition) is 3. The molecule has 0 aliphatic rings. The molecule has 1 heterocycles. The topological polar surface area (TPSA) is 51.2 Å². The number of carbonyl (C=O) groups is 1. The maximum absolute atomic E-state index is 12.0. The SMILES string of the molecule is COc1cc(CNC(=O)C(Cl)c2ccccc2)ccn1. The van der Waals surface area contributed by atoms with Crippen LogP contribution in [0.4, 0.5) is 0 Å². The first kappa shape index (κ1) is 14.3. The lowest BCUT2D eigenvalue weighted by atomic mass is 10.1. The smallest absolute Gasteiger partial charge is 0.242 e. The van der Waals surface area contributed by atoms with Gasteiger partial charge in [0.05, 0.1) is 7.11 Å². The summed E-state index contributed by atoms with van der Waals surface area (Å²) in [7, 11) is 1.55. The zero-order valence-corrected chi connectivity index (χ0v) is 11.8. The number of aromatic nitrogens is 1. The van der Waals surface area contributed by atoms with Gasteiger partial charge in [0.2, 0.25) is 11.8 Å². The number of nitrogens with zero attached hydrogens (tertiary/aromatic N) is 1. The zero-order valence-electron chi connectivity index (χ0n) is 11.0. The molecule has 1 aromatic carbocycles. The van der Waals surface area contributed by atoms with Gasteiger partial charge in [0, 0.05) is 18.8 Å². The molecule has 0 radical (unpaired) electrons. The predicted octanol–water partition coefficient (Wildman–Crippen LogP) is 2.69. The lowest BCUT2D eigenvalue weighted by molar-refractivity contribution is -0.121. The minimum absolute atomic E-state index is 0.228. The van der Waals surface area contributed by atoms with Gasteiger partial charge in [-0.05, 0) is 17.2 Å². The Labute approximate surface area is 122 Å². The van der Waals surface area contributed by atoms with Gasteiger partial charge in [0.25, 0.3) is 0 Å². The van der Waals surface area contributed by atoms with Gasteiger partial charge in [-0.2, -0.15) is 0 Å². The maximum atomic E-state index is 12.0. The first-order valence-electron chi connectivity index (χ1n) is 6.16. The summed E-state index contributed by atoms with van der Waals surface area (Å²) < 4.78 is 5.03. The normalized spacial score (nSPS) is 11.7. The molecule has 20 heavy (non-hydrogen) atoms. The van der Waals surface area contributed by atoms with Crippen LogP contribution in [0.3, 0.4) is 0 Å². The van der Waals surface area contributed by atoms with Crippen LogP contribution in [0.2, 0.25) is 0 Å². The minimum atomic E-state index is -0.695. The van der Waals surface area contributed by atoms with E-state index in [1.54, 1.807) is 19.4 Å². The van der Waals surface area contributed by atoms with Crippen molar-refractivity contribution in [2.24, 2.45) is 0 Å². The van der Waals surface area contributed by atoms with E-state index in [0.29, 0.717) is 12.4 Å². The number of amides is 1. The molecule has 0 aliphatic carbocycles. The number of benzene rings is 1. The summed E-state index contributed by atoms with van der Waals surface area (Å²) in [6.45, 7) is 0.383. The van der Waals surface area contributed by atoms with Gasteiger partial charge >= 0.3 is 0 Å². The first-order valence-corrected chi connectivity index (χ1v) is 6.60. The Morgan fingerprint density at radius 2 is 2.10 bits per heavy atom. The Kier molecular flexibility index (Phi) is 4.96. The van der Waals surface area contributed by atoms with E-state index in [1.807, 2.05) is 36.4 Å². The molecule has 104 valence electrons. The highest BCUT2D eigenvalue weighted by Gasteiger charge is 2.16.